The zero-order valence-electron chi connectivity index (χ0n) is 33.9. The van der Waals surface area contributed by atoms with Gasteiger partial charge in [0.25, 0.3) is 0 Å². The molecule has 0 saturated carbocycles. The molecule has 9 rings (SSSR count). The Bertz CT molecular complexity index is 2690. The van der Waals surface area contributed by atoms with Crippen molar-refractivity contribution in [2.45, 2.75) is 64.1 Å². The summed E-state index contributed by atoms with van der Waals surface area (Å²) in [5.41, 5.74) is 7.35. The predicted octanol–water partition coefficient (Wildman–Crippen LogP) is 3.66. The van der Waals surface area contributed by atoms with Crippen LogP contribution in [0.3, 0.4) is 0 Å². The van der Waals surface area contributed by atoms with E-state index >= 15 is 4.39 Å². The molecule has 3 amide bonds. The number of likely N-dealkylation sites (tertiary alicyclic amines) is 1. The summed E-state index contributed by atoms with van der Waals surface area (Å²) in [5.74, 6) is 5.67. The van der Waals surface area contributed by atoms with E-state index < -0.39 is 17.8 Å². The number of ether oxygens (including phenoxy) is 2. The van der Waals surface area contributed by atoms with Gasteiger partial charge in [-0.3, -0.25) is 28.8 Å². The summed E-state index contributed by atoms with van der Waals surface area (Å²) in [6, 6.07) is 9.32. The van der Waals surface area contributed by atoms with Gasteiger partial charge in [-0.05, 0) is 74.1 Å². The van der Waals surface area contributed by atoms with Gasteiger partial charge in [-0.15, -0.1) is 0 Å². The van der Waals surface area contributed by atoms with Crippen LogP contribution in [0.1, 0.15) is 59.7 Å². The van der Waals surface area contributed by atoms with E-state index in [9.17, 15) is 19.2 Å². The lowest BCUT2D eigenvalue weighted by Gasteiger charge is -2.32. The molecule has 0 bridgehead atoms. The first-order valence-electron chi connectivity index (χ1n) is 20.5. The van der Waals surface area contributed by atoms with Crippen LogP contribution in [0.5, 0.6) is 5.88 Å². The summed E-state index contributed by atoms with van der Waals surface area (Å²) in [4.78, 5) is 68.2. The number of halogens is 1. The molecule has 4 aliphatic rings. The molecular weight excluding hydrogens is 784 g/mol. The SMILES string of the molecule is Cc1c(N2CCc3cnc(Nc4ccc(CC(=O)N5CCC(OCC#Cc6ccc7c(c6)n(C)c(=O)n7C6CCC(=O)NC6=O)CC5)c(F)c4)nc3C2)cnc2c1NCCO2. The molecule has 61 heavy (non-hydrogen) atoms. The number of carbonyl (C=O) groups excluding carboxylic acids is 3. The monoisotopic (exact) mass is 828 g/mol. The molecule has 0 radical (unpaired) electrons. The Morgan fingerprint density at radius 1 is 1.03 bits per heavy atom. The number of imide groups is 1. The molecule has 2 aromatic carbocycles. The second kappa shape index (κ2) is 16.7. The number of aromatic nitrogens is 5. The molecule has 7 heterocycles. The molecule has 4 aliphatic heterocycles. The third-order valence-electron chi connectivity index (χ3n) is 11.9. The van der Waals surface area contributed by atoms with Gasteiger partial charge in [0.2, 0.25) is 29.5 Å². The number of hydrogen-bond donors (Lipinski definition) is 3. The molecule has 314 valence electrons. The second-order valence-electron chi connectivity index (χ2n) is 15.7. The van der Waals surface area contributed by atoms with E-state index in [2.05, 4.69) is 49.6 Å². The van der Waals surface area contributed by atoms with E-state index in [0.717, 1.165) is 47.7 Å². The number of carbonyl (C=O) groups is 3. The number of piperidine rings is 2. The van der Waals surface area contributed by atoms with Crippen molar-refractivity contribution in [2.75, 3.05) is 54.9 Å². The van der Waals surface area contributed by atoms with Gasteiger partial charge < -0.3 is 29.9 Å². The number of amides is 3. The lowest BCUT2D eigenvalue weighted by atomic mass is 10.0. The summed E-state index contributed by atoms with van der Waals surface area (Å²) in [6.07, 6.45) is 6.03. The highest BCUT2D eigenvalue weighted by atomic mass is 19.1. The average Bonchev–Trinajstić information content (AvgIpc) is 3.51. The summed E-state index contributed by atoms with van der Waals surface area (Å²) < 4.78 is 30.0. The first kappa shape index (κ1) is 39.6. The lowest BCUT2D eigenvalue weighted by molar-refractivity contribution is -0.136. The predicted molar refractivity (Wildman–Crippen MR) is 224 cm³/mol. The van der Waals surface area contributed by atoms with Gasteiger partial charge in [-0.2, -0.15) is 0 Å². The molecule has 0 aliphatic carbocycles. The number of pyridine rings is 1. The van der Waals surface area contributed by atoms with E-state index in [4.69, 9.17) is 14.5 Å². The first-order chi connectivity index (χ1) is 29.6. The smallest absolute Gasteiger partial charge is 0.329 e. The molecule has 5 aromatic rings. The Morgan fingerprint density at radius 2 is 1.89 bits per heavy atom. The summed E-state index contributed by atoms with van der Waals surface area (Å²) >= 11 is 0. The van der Waals surface area contributed by atoms with Crippen molar-refractivity contribution in [3.8, 4) is 17.7 Å². The fourth-order valence-corrected chi connectivity index (χ4v) is 8.51. The quantitative estimate of drug-likeness (QED) is 0.153. The highest BCUT2D eigenvalue weighted by molar-refractivity contribution is 6.00. The van der Waals surface area contributed by atoms with E-state index in [1.165, 1.54) is 15.2 Å². The summed E-state index contributed by atoms with van der Waals surface area (Å²) in [7, 11) is 1.64. The number of hydrogen-bond acceptors (Lipinski definition) is 12. The minimum absolute atomic E-state index is 0.0558. The number of rotatable bonds is 8. The van der Waals surface area contributed by atoms with Crippen LogP contribution >= 0.6 is 0 Å². The van der Waals surface area contributed by atoms with E-state index in [1.807, 2.05) is 12.4 Å². The maximum Gasteiger partial charge on any atom is 0.329 e. The molecule has 3 aromatic heterocycles. The Morgan fingerprint density at radius 3 is 2.70 bits per heavy atom. The molecule has 1 unspecified atom stereocenters. The first-order valence-corrected chi connectivity index (χ1v) is 20.5. The van der Waals surface area contributed by atoms with Crippen LogP contribution in [-0.2, 0) is 45.6 Å². The van der Waals surface area contributed by atoms with Crippen LogP contribution in [-0.4, -0.2) is 92.2 Å². The van der Waals surface area contributed by atoms with Gasteiger partial charge in [0.05, 0.1) is 47.7 Å². The largest absolute Gasteiger partial charge is 0.474 e. The Hall–Kier alpha value is -6.80. The van der Waals surface area contributed by atoms with Gasteiger partial charge in [0.15, 0.2) is 0 Å². The Kier molecular flexibility index (Phi) is 10.8. The fraction of sp³-hybridized carbons (Fsp3) is 0.386. The summed E-state index contributed by atoms with van der Waals surface area (Å²) in [6.45, 7) is 5.95. The van der Waals surface area contributed by atoms with Gasteiger partial charge in [0, 0.05) is 62.7 Å². The van der Waals surface area contributed by atoms with Crippen molar-refractivity contribution < 1.29 is 28.2 Å². The molecule has 2 saturated heterocycles. The normalized spacial score (nSPS) is 17.7. The number of imidazole rings is 1. The number of nitrogens with one attached hydrogen (secondary N) is 3. The molecule has 1 atom stereocenters. The zero-order chi connectivity index (χ0) is 42.2. The van der Waals surface area contributed by atoms with Crippen molar-refractivity contribution in [2.24, 2.45) is 7.05 Å². The molecule has 0 spiro atoms. The zero-order valence-corrected chi connectivity index (χ0v) is 33.9. The molecular formula is C44H45FN10O6. The minimum atomic E-state index is -0.753. The van der Waals surface area contributed by atoms with E-state index in [1.54, 1.807) is 42.3 Å². The maximum atomic E-state index is 15.4. The highest BCUT2D eigenvalue weighted by Crippen LogP contribution is 2.36. The Labute approximate surface area is 350 Å². The van der Waals surface area contributed by atoms with E-state index in [-0.39, 0.29) is 49.5 Å². The van der Waals surface area contributed by atoms with Gasteiger partial charge >= 0.3 is 5.69 Å². The Balaban J connectivity index is 0.750. The fourth-order valence-electron chi connectivity index (χ4n) is 8.51. The second-order valence-corrected chi connectivity index (χ2v) is 15.7. The van der Waals surface area contributed by atoms with Gasteiger partial charge in [0.1, 0.15) is 30.8 Å². The molecule has 16 nitrogen and oxygen atoms in total. The van der Waals surface area contributed by atoms with Crippen LogP contribution in [0.4, 0.5) is 27.4 Å². The number of fused-ring (bicyclic) bond motifs is 3. The van der Waals surface area contributed by atoms with Crippen molar-refractivity contribution in [1.82, 2.24) is 34.3 Å². The van der Waals surface area contributed by atoms with E-state index in [0.29, 0.717) is 78.8 Å². The van der Waals surface area contributed by atoms with Crippen LogP contribution < -0.4 is 31.3 Å². The number of aryl methyl sites for hydroxylation is 1. The third-order valence-corrected chi connectivity index (χ3v) is 11.9. The minimum Gasteiger partial charge on any atom is -0.474 e. The number of benzene rings is 2. The molecule has 17 heteroatoms. The van der Waals surface area contributed by atoms with Gasteiger partial charge in [-0.1, -0.05) is 17.9 Å². The molecule has 2 fully saturated rings. The lowest BCUT2D eigenvalue weighted by Crippen LogP contribution is -2.44. The number of anilines is 4. The van der Waals surface area contributed by atoms with Crippen LogP contribution in [0, 0.1) is 24.6 Å². The van der Waals surface area contributed by atoms with Crippen molar-refractivity contribution in [1.29, 1.82) is 0 Å². The third kappa shape index (κ3) is 8.10. The van der Waals surface area contributed by atoms with Gasteiger partial charge in [-0.25, -0.2) is 24.1 Å². The van der Waals surface area contributed by atoms with Crippen molar-refractivity contribution >= 4 is 51.8 Å². The molecule has 3 N–H and O–H groups in total. The van der Waals surface area contributed by atoms with Crippen molar-refractivity contribution in [3.05, 3.63) is 93.0 Å². The number of nitrogens with zero attached hydrogens (tertiary/aromatic N) is 7. The summed E-state index contributed by atoms with van der Waals surface area (Å²) in [5, 5.41) is 8.85. The van der Waals surface area contributed by atoms with Crippen LogP contribution in [0.2, 0.25) is 0 Å². The van der Waals surface area contributed by atoms with Crippen LogP contribution in [0.15, 0.2) is 53.6 Å². The van der Waals surface area contributed by atoms with Crippen molar-refractivity contribution in [3.63, 3.8) is 0 Å². The average molecular weight is 829 g/mol. The van der Waals surface area contributed by atoms with Crippen LogP contribution in [0.25, 0.3) is 11.0 Å². The maximum absolute atomic E-state index is 15.4. The topological polar surface area (TPSA) is 178 Å². The highest BCUT2D eigenvalue weighted by Gasteiger charge is 2.31. The standard InChI is InChI=1S/C44H45FN10O6/c1-26-37(24-47-42-40(26)46-14-19-61-42)54-15-11-29-23-48-43(50-33(29)25-54)49-30-7-6-28(32(45)22-30)21-39(57)53-16-12-31(13-17-53)60-18-3-4-27-5-8-34-36(20-27)52(2)44(59)55(34)35-9-10-38(56)51-41(35)58/h5-8,20,22-24,31,35,46H,9-19,21,25H2,1-2H3,(H,48,49,50)(H,51,56,58).